The van der Waals surface area contributed by atoms with Crippen LogP contribution in [0.4, 0.5) is 0 Å². The summed E-state index contributed by atoms with van der Waals surface area (Å²) in [6.07, 6.45) is 3.16. The first-order valence-electron chi connectivity index (χ1n) is 7.60. The summed E-state index contributed by atoms with van der Waals surface area (Å²) in [5, 5.41) is 11.9. The third-order valence-corrected chi connectivity index (χ3v) is 4.21. The number of nitrogens with zero attached hydrogens (tertiary/aromatic N) is 4. The minimum atomic E-state index is 0.382. The van der Waals surface area contributed by atoms with Gasteiger partial charge in [-0.15, -0.1) is 5.10 Å². The van der Waals surface area contributed by atoms with Crippen molar-refractivity contribution in [2.75, 3.05) is 13.1 Å². The molecular formula is C16H23N5. The highest BCUT2D eigenvalue weighted by atomic mass is 15.4. The van der Waals surface area contributed by atoms with Crippen molar-refractivity contribution < 1.29 is 0 Å². The molecule has 1 saturated heterocycles. The van der Waals surface area contributed by atoms with Gasteiger partial charge in [-0.05, 0) is 25.5 Å². The van der Waals surface area contributed by atoms with Crippen LogP contribution in [0.25, 0.3) is 0 Å². The zero-order chi connectivity index (χ0) is 14.7. The summed E-state index contributed by atoms with van der Waals surface area (Å²) in [4.78, 5) is 2.50. The van der Waals surface area contributed by atoms with Crippen LogP contribution in [0.5, 0.6) is 0 Å². The van der Waals surface area contributed by atoms with Crippen LogP contribution < -0.4 is 5.32 Å². The first-order valence-corrected chi connectivity index (χ1v) is 7.60. The van der Waals surface area contributed by atoms with E-state index in [-0.39, 0.29) is 0 Å². The Balaban J connectivity index is 1.74. The lowest BCUT2D eigenvalue weighted by atomic mass is 10.1. The quantitative estimate of drug-likeness (QED) is 0.933. The molecule has 1 fully saturated rings. The molecule has 1 aliphatic heterocycles. The van der Waals surface area contributed by atoms with E-state index >= 15 is 0 Å². The highest BCUT2D eigenvalue weighted by Gasteiger charge is 2.24. The summed E-state index contributed by atoms with van der Waals surface area (Å²) in [7, 11) is 1.91. The Morgan fingerprint density at radius 1 is 1.29 bits per heavy atom. The maximum atomic E-state index is 4.22. The summed E-state index contributed by atoms with van der Waals surface area (Å²) >= 11 is 0. The molecule has 2 heterocycles. The lowest BCUT2D eigenvalue weighted by Crippen LogP contribution is -2.35. The topological polar surface area (TPSA) is 46.0 Å². The third-order valence-electron chi connectivity index (χ3n) is 4.21. The smallest absolute Gasteiger partial charge is 0.0967 e. The molecule has 5 heteroatoms. The van der Waals surface area contributed by atoms with Crippen molar-refractivity contribution in [3.8, 4) is 0 Å². The third kappa shape index (κ3) is 3.49. The molecule has 0 bridgehead atoms. The van der Waals surface area contributed by atoms with Crippen LogP contribution in [0.1, 0.15) is 30.6 Å². The second-order valence-electron chi connectivity index (χ2n) is 5.87. The molecule has 0 saturated carbocycles. The van der Waals surface area contributed by atoms with Crippen molar-refractivity contribution >= 4 is 0 Å². The summed E-state index contributed by atoms with van der Waals surface area (Å²) in [6.45, 7) is 5.21. The predicted molar refractivity (Wildman–Crippen MR) is 82.7 cm³/mol. The summed E-state index contributed by atoms with van der Waals surface area (Å²) < 4.78 is 1.77. The van der Waals surface area contributed by atoms with Crippen LogP contribution in [0.15, 0.2) is 36.5 Å². The van der Waals surface area contributed by atoms with Gasteiger partial charge in [0.15, 0.2) is 0 Å². The van der Waals surface area contributed by atoms with E-state index in [0.717, 1.165) is 31.7 Å². The SMILES string of the molecule is CC1CCNC(c2ccccc2)CN1Cc1cn(C)nn1. The van der Waals surface area contributed by atoms with Crippen LogP contribution in [0.2, 0.25) is 0 Å². The van der Waals surface area contributed by atoms with Gasteiger partial charge in [0.05, 0.1) is 5.69 Å². The molecule has 1 aliphatic rings. The van der Waals surface area contributed by atoms with Gasteiger partial charge in [-0.2, -0.15) is 0 Å². The van der Waals surface area contributed by atoms with Gasteiger partial charge in [-0.25, -0.2) is 0 Å². The van der Waals surface area contributed by atoms with Gasteiger partial charge in [0.2, 0.25) is 0 Å². The van der Waals surface area contributed by atoms with Crippen LogP contribution in [-0.2, 0) is 13.6 Å². The summed E-state index contributed by atoms with van der Waals surface area (Å²) in [5.41, 5.74) is 2.40. The van der Waals surface area contributed by atoms with E-state index in [1.54, 1.807) is 4.68 Å². The number of hydrogen-bond donors (Lipinski definition) is 1. The van der Waals surface area contributed by atoms with Crippen molar-refractivity contribution in [1.82, 2.24) is 25.2 Å². The Morgan fingerprint density at radius 3 is 2.81 bits per heavy atom. The highest BCUT2D eigenvalue weighted by Crippen LogP contribution is 2.21. The molecule has 112 valence electrons. The average Bonchev–Trinajstić information content (AvgIpc) is 2.81. The molecule has 0 aliphatic carbocycles. The van der Waals surface area contributed by atoms with Gasteiger partial charge in [-0.1, -0.05) is 35.5 Å². The zero-order valence-corrected chi connectivity index (χ0v) is 12.7. The molecule has 5 nitrogen and oxygen atoms in total. The molecule has 0 radical (unpaired) electrons. The molecule has 3 rings (SSSR count). The molecule has 0 spiro atoms. The van der Waals surface area contributed by atoms with E-state index in [2.05, 4.69) is 57.8 Å². The monoisotopic (exact) mass is 285 g/mol. The Kier molecular flexibility index (Phi) is 4.31. The number of nitrogens with one attached hydrogen (secondary N) is 1. The average molecular weight is 285 g/mol. The molecule has 2 aromatic rings. The van der Waals surface area contributed by atoms with Crippen LogP contribution in [0, 0.1) is 0 Å². The number of hydrogen-bond acceptors (Lipinski definition) is 4. The minimum Gasteiger partial charge on any atom is -0.309 e. The number of aromatic nitrogens is 3. The largest absolute Gasteiger partial charge is 0.309 e. The number of benzene rings is 1. The van der Waals surface area contributed by atoms with E-state index in [9.17, 15) is 0 Å². The van der Waals surface area contributed by atoms with Crippen LogP contribution in [-0.4, -0.2) is 39.0 Å². The Bertz CT molecular complexity index is 565. The summed E-state index contributed by atoms with van der Waals surface area (Å²) in [5.74, 6) is 0. The normalized spacial score (nSPS) is 23.9. The van der Waals surface area contributed by atoms with E-state index in [1.807, 2.05) is 13.2 Å². The minimum absolute atomic E-state index is 0.382. The maximum Gasteiger partial charge on any atom is 0.0967 e. The molecule has 1 aromatic carbocycles. The van der Waals surface area contributed by atoms with Gasteiger partial charge in [0, 0.05) is 38.4 Å². The molecule has 0 amide bonds. The lowest BCUT2D eigenvalue weighted by Gasteiger charge is -2.28. The molecule has 1 aromatic heterocycles. The van der Waals surface area contributed by atoms with E-state index < -0.39 is 0 Å². The Morgan fingerprint density at radius 2 is 2.10 bits per heavy atom. The molecule has 2 unspecified atom stereocenters. The fourth-order valence-corrected chi connectivity index (χ4v) is 2.93. The molecule has 2 atom stereocenters. The molecule has 1 N–H and O–H groups in total. The molecule has 21 heavy (non-hydrogen) atoms. The summed E-state index contributed by atoms with van der Waals surface area (Å²) in [6, 6.07) is 11.6. The van der Waals surface area contributed by atoms with Gasteiger partial charge >= 0.3 is 0 Å². The van der Waals surface area contributed by atoms with E-state index in [4.69, 9.17) is 0 Å². The maximum absolute atomic E-state index is 4.22. The zero-order valence-electron chi connectivity index (χ0n) is 12.7. The van der Waals surface area contributed by atoms with Gasteiger partial charge in [0.25, 0.3) is 0 Å². The number of aryl methyl sites for hydroxylation is 1. The van der Waals surface area contributed by atoms with Crippen molar-refractivity contribution in [3.05, 3.63) is 47.8 Å². The first kappa shape index (κ1) is 14.2. The second-order valence-corrected chi connectivity index (χ2v) is 5.87. The fourth-order valence-electron chi connectivity index (χ4n) is 2.93. The van der Waals surface area contributed by atoms with E-state index in [1.165, 1.54) is 5.56 Å². The van der Waals surface area contributed by atoms with E-state index in [0.29, 0.717) is 12.1 Å². The van der Waals surface area contributed by atoms with Crippen LogP contribution in [0.3, 0.4) is 0 Å². The lowest BCUT2D eigenvalue weighted by molar-refractivity contribution is 0.194. The van der Waals surface area contributed by atoms with Crippen molar-refractivity contribution in [2.45, 2.75) is 32.0 Å². The highest BCUT2D eigenvalue weighted by molar-refractivity contribution is 5.19. The van der Waals surface area contributed by atoms with Crippen LogP contribution >= 0.6 is 0 Å². The molecular weight excluding hydrogens is 262 g/mol. The second kappa shape index (κ2) is 6.37. The van der Waals surface area contributed by atoms with Crippen molar-refractivity contribution in [1.29, 1.82) is 0 Å². The van der Waals surface area contributed by atoms with Gasteiger partial charge in [-0.3, -0.25) is 9.58 Å². The number of rotatable bonds is 3. The van der Waals surface area contributed by atoms with Gasteiger partial charge < -0.3 is 5.32 Å². The predicted octanol–water partition coefficient (Wildman–Crippen LogP) is 1.74. The Hall–Kier alpha value is -1.72. The van der Waals surface area contributed by atoms with Gasteiger partial charge in [0.1, 0.15) is 0 Å². The fraction of sp³-hybridized carbons (Fsp3) is 0.500. The standard InChI is InChI=1S/C16H23N5/c1-13-8-9-17-16(14-6-4-3-5-7-14)12-21(13)11-15-10-20(2)19-18-15/h3-7,10,13,16-17H,8-9,11-12H2,1-2H3. The van der Waals surface area contributed by atoms with Crippen molar-refractivity contribution in [2.24, 2.45) is 7.05 Å². The first-order chi connectivity index (χ1) is 10.2. The van der Waals surface area contributed by atoms with Crippen molar-refractivity contribution in [3.63, 3.8) is 0 Å². The Labute approximate surface area is 126 Å².